The maximum atomic E-state index is 11.9. The van der Waals surface area contributed by atoms with Crippen molar-refractivity contribution < 1.29 is 9.53 Å². The highest BCUT2D eigenvalue weighted by atomic mass is 16.5. The van der Waals surface area contributed by atoms with Crippen LogP contribution in [0.1, 0.15) is 56.3 Å². The molecule has 1 rings (SSSR count). The second-order valence-electron chi connectivity index (χ2n) is 4.55. The molecule has 0 aliphatic carbocycles. The van der Waals surface area contributed by atoms with E-state index in [0.29, 0.717) is 11.3 Å². The Morgan fingerprint density at radius 1 is 1.22 bits per heavy atom. The Morgan fingerprint density at radius 2 is 1.89 bits per heavy atom. The van der Waals surface area contributed by atoms with E-state index < -0.39 is 0 Å². The molecule has 18 heavy (non-hydrogen) atoms. The van der Waals surface area contributed by atoms with Crippen LogP contribution < -0.4 is 5.73 Å². The van der Waals surface area contributed by atoms with Crippen molar-refractivity contribution in [1.82, 2.24) is 0 Å². The standard InChI is InChI=1S/C15H23NO2/c1-3-5-6-7-14(4-2)18-15(17)12-8-10-13(16)11-9-12/h8-11,14H,3-7,16H2,1-2H3. The van der Waals surface area contributed by atoms with Gasteiger partial charge in [0.25, 0.3) is 0 Å². The van der Waals surface area contributed by atoms with Crippen molar-refractivity contribution in [2.45, 2.75) is 52.1 Å². The lowest BCUT2D eigenvalue weighted by Gasteiger charge is -2.16. The molecule has 0 aliphatic rings. The normalized spacial score (nSPS) is 12.1. The molecule has 0 heterocycles. The van der Waals surface area contributed by atoms with Crippen molar-refractivity contribution in [2.75, 3.05) is 5.73 Å². The molecule has 0 aliphatic heterocycles. The van der Waals surface area contributed by atoms with Crippen LogP contribution >= 0.6 is 0 Å². The number of nitrogen functional groups attached to an aromatic ring is 1. The van der Waals surface area contributed by atoms with Gasteiger partial charge in [-0.1, -0.05) is 26.7 Å². The lowest BCUT2D eigenvalue weighted by atomic mass is 10.1. The SMILES string of the molecule is CCCCCC(CC)OC(=O)c1ccc(N)cc1. The molecule has 0 saturated carbocycles. The number of ether oxygens (including phenoxy) is 1. The van der Waals surface area contributed by atoms with Crippen molar-refractivity contribution >= 4 is 11.7 Å². The largest absolute Gasteiger partial charge is 0.459 e. The molecule has 0 bridgehead atoms. The molecule has 1 unspecified atom stereocenters. The third kappa shape index (κ3) is 4.78. The minimum absolute atomic E-state index is 0.0293. The highest BCUT2D eigenvalue weighted by Gasteiger charge is 2.13. The van der Waals surface area contributed by atoms with E-state index in [2.05, 4.69) is 6.92 Å². The number of esters is 1. The zero-order chi connectivity index (χ0) is 13.4. The van der Waals surface area contributed by atoms with Crippen molar-refractivity contribution in [3.63, 3.8) is 0 Å². The van der Waals surface area contributed by atoms with Gasteiger partial charge in [0.05, 0.1) is 5.56 Å². The Hall–Kier alpha value is -1.51. The third-order valence-electron chi connectivity index (χ3n) is 3.01. The van der Waals surface area contributed by atoms with Crippen LogP contribution in [0.3, 0.4) is 0 Å². The van der Waals surface area contributed by atoms with Gasteiger partial charge in [-0.3, -0.25) is 0 Å². The van der Waals surface area contributed by atoms with E-state index in [1.807, 2.05) is 6.92 Å². The van der Waals surface area contributed by atoms with E-state index in [-0.39, 0.29) is 12.1 Å². The number of carbonyl (C=O) groups is 1. The average Bonchev–Trinajstić information content (AvgIpc) is 2.38. The maximum Gasteiger partial charge on any atom is 0.338 e. The summed E-state index contributed by atoms with van der Waals surface area (Å²) in [7, 11) is 0. The lowest BCUT2D eigenvalue weighted by molar-refractivity contribution is 0.0267. The summed E-state index contributed by atoms with van der Waals surface area (Å²) in [4.78, 5) is 11.9. The van der Waals surface area contributed by atoms with Crippen molar-refractivity contribution in [3.8, 4) is 0 Å². The first-order valence-corrected chi connectivity index (χ1v) is 6.73. The number of benzene rings is 1. The molecule has 0 fully saturated rings. The summed E-state index contributed by atoms with van der Waals surface area (Å²) in [5.41, 5.74) is 6.81. The summed E-state index contributed by atoms with van der Waals surface area (Å²) in [5.74, 6) is -0.252. The first-order valence-electron chi connectivity index (χ1n) is 6.73. The molecular weight excluding hydrogens is 226 g/mol. The van der Waals surface area contributed by atoms with Gasteiger partial charge in [-0.2, -0.15) is 0 Å². The Kier molecular flexibility index (Phi) is 6.26. The van der Waals surface area contributed by atoms with E-state index in [1.54, 1.807) is 24.3 Å². The first kappa shape index (κ1) is 14.6. The maximum absolute atomic E-state index is 11.9. The highest BCUT2D eigenvalue weighted by Crippen LogP contribution is 2.14. The van der Waals surface area contributed by atoms with Crippen LogP contribution in [0.15, 0.2) is 24.3 Å². The fourth-order valence-corrected chi connectivity index (χ4v) is 1.81. The van der Waals surface area contributed by atoms with Crippen LogP contribution in [-0.2, 0) is 4.74 Å². The average molecular weight is 249 g/mol. The van der Waals surface area contributed by atoms with E-state index in [4.69, 9.17) is 10.5 Å². The van der Waals surface area contributed by atoms with Gasteiger partial charge in [-0.05, 0) is 43.5 Å². The summed E-state index contributed by atoms with van der Waals surface area (Å²) in [6, 6.07) is 6.84. The molecule has 0 amide bonds. The zero-order valence-electron chi connectivity index (χ0n) is 11.3. The number of nitrogens with two attached hydrogens (primary N) is 1. The van der Waals surface area contributed by atoms with E-state index in [0.717, 1.165) is 19.3 Å². The predicted molar refractivity (Wildman–Crippen MR) is 74.5 cm³/mol. The fourth-order valence-electron chi connectivity index (χ4n) is 1.81. The molecule has 3 heteroatoms. The van der Waals surface area contributed by atoms with Gasteiger partial charge < -0.3 is 10.5 Å². The highest BCUT2D eigenvalue weighted by molar-refractivity contribution is 5.89. The van der Waals surface area contributed by atoms with Crippen LogP contribution in [0.5, 0.6) is 0 Å². The summed E-state index contributed by atoms with van der Waals surface area (Å²) >= 11 is 0. The second-order valence-corrected chi connectivity index (χ2v) is 4.55. The fraction of sp³-hybridized carbons (Fsp3) is 0.533. The smallest absolute Gasteiger partial charge is 0.338 e. The van der Waals surface area contributed by atoms with Crippen LogP contribution in [0, 0.1) is 0 Å². The van der Waals surface area contributed by atoms with E-state index in [9.17, 15) is 4.79 Å². The van der Waals surface area contributed by atoms with Gasteiger partial charge in [0.1, 0.15) is 6.10 Å². The van der Waals surface area contributed by atoms with Crippen LogP contribution in [0.2, 0.25) is 0 Å². The minimum Gasteiger partial charge on any atom is -0.459 e. The predicted octanol–water partition coefficient (Wildman–Crippen LogP) is 3.78. The Balaban J connectivity index is 2.48. The summed E-state index contributed by atoms with van der Waals surface area (Å²) in [6.07, 6.45) is 5.33. The van der Waals surface area contributed by atoms with Gasteiger partial charge in [0.2, 0.25) is 0 Å². The number of unbranched alkanes of at least 4 members (excludes halogenated alkanes) is 2. The Bertz CT molecular complexity index is 359. The second kappa shape index (κ2) is 7.75. The molecule has 2 N–H and O–H groups in total. The van der Waals surface area contributed by atoms with Gasteiger partial charge in [-0.25, -0.2) is 4.79 Å². The van der Waals surface area contributed by atoms with Crippen molar-refractivity contribution in [3.05, 3.63) is 29.8 Å². The molecule has 0 radical (unpaired) electrons. The molecule has 0 saturated heterocycles. The molecule has 1 aromatic rings. The number of hydrogen-bond acceptors (Lipinski definition) is 3. The van der Waals surface area contributed by atoms with E-state index in [1.165, 1.54) is 12.8 Å². The number of rotatable bonds is 7. The van der Waals surface area contributed by atoms with Crippen molar-refractivity contribution in [1.29, 1.82) is 0 Å². The van der Waals surface area contributed by atoms with Gasteiger partial charge in [-0.15, -0.1) is 0 Å². The molecule has 1 aromatic carbocycles. The van der Waals surface area contributed by atoms with Gasteiger partial charge >= 0.3 is 5.97 Å². The number of hydrogen-bond donors (Lipinski definition) is 1. The molecular formula is C15H23NO2. The summed E-state index contributed by atoms with van der Waals surface area (Å²) in [6.45, 7) is 4.22. The number of carbonyl (C=O) groups excluding carboxylic acids is 1. The van der Waals surface area contributed by atoms with Gasteiger partial charge in [0, 0.05) is 5.69 Å². The van der Waals surface area contributed by atoms with Crippen LogP contribution in [-0.4, -0.2) is 12.1 Å². The first-order chi connectivity index (χ1) is 8.67. The molecule has 1 atom stereocenters. The van der Waals surface area contributed by atoms with Gasteiger partial charge in [0.15, 0.2) is 0 Å². The molecule has 3 nitrogen and oxygen atoms in total. The molecule has 100 valence electrons. The third-order valence-corrected chi connectivity index (χ3v) is 3.01. The Morgan fingerprint density at radius 3 is 2.44 bits per heavy atom. The summed E-state index contributed by atoms with van der Waals surface area (Å²) < 4.78 is 5.49. The van der Waals surface area contributed by atoms with Crippen LogP contribution in [0.25, 0.3) is 0 Å². The molecule has 0 spiro atoms. The molecule has 0 aromatic heterocycles. The van der Waals surface area contributed by atoms with Crippen LogP contribution in [0.4, 0.5) is 5.69 Å². The number of anilines is 1. The monoisotopic (exact) mass is 249 g/mol. The topological polar surface area (TPSA) is 52.3 Å². The Labute approximate surface area is 109 Å². The zero-order valence-corrected chi connectivity index (χ0v) is 11.3. The lowest BCUT2D eigenvalue weighted by Crippen LogP contribution is -2.17. The quantitative estimate of drug-likeness (QED) is 0.454. The summed E-state index contributed by atoms with van der Waals surface area (Å²) in [5, 5.41) is 0. The van der Waals surface area contributed by atoms with Crippen molar-refractivity contribution in [2.24, 2.45) is 0 Å². The minimum atomic E-state index is -0.252. The van der Waals surface area contributed by atoms with E-state index >= 15 is 0 Å².